The fourth-order valence-electron chi connectivity index (χ4n) is 6.55. The SMILES string of the molecule is CCCCN(CCCN(C)C)C(=O)CN1CC(c2cc(OC)c3c(c2)OCO3)C(C(=O)O)C1CCCN1CCCC1=O. The average molecular weight is 589 g/mol. The highest BCUT2D eigenvalue weighted by Gasteiger charge is 2.47. The lowest BCUT2D eigenvalue weighted by atomic mass is 9.83. The van der Waals surface area contributed by atoms with Crippen molar-refractivity contribution in [1.82, 2.24) is 19.6 Å². The maximum absolute atomic E-state index is 13.7. The molecule has 0 saturated carbocycles. The summed E-state index contributed by atoms with van der Waals surface area (Å²) < 4.78 is 16.8. The number of hydrogen-bond acceptors (Lipinski definition) is 8. The summed E-state index contributed by atoms with van der Waals surface area (Å²) in [7, 11) is 5.61. The van der Waals surface area contributed by atoms with Gasteiger partial charge in [-0.1, -0.05) is 13.3 Å². The molecule has 3 aliphatic rings. The zero-order chi connectivity index (χ0) is 30.2. The van der Waals surface area contributed by atoms with Crippen LogP contribution in [0, 0.1) is 5.92 Å². The lowest BCUT2D eigenvalue weighted by Crippen LogP contribution is -2.45. The number of carboxylic acids is 1. The topological polar surface area (TPSA) is 112 Å². The van der Waals surface area contributed by atoms with Crippen LogP contribution in [-0.4, -0.2) is 122 Å². The Bertz CT molecular complexity index is 1100. The van der Waals surface area contributed by atoms with Crippen LogP contribution in [0.2, 0.25) is 0 Å². The van der Waals surface area contributed by atoms with Gasteiger partial charge in [0.2, 0.25) is 24.4 Å². The van der Waals surface area contributed by atoms with Gasteiger partial charge in [-0.25, -0.2) is 0 Å². The van der Waals surface area contributed by atoms with Gasteiger partial charge in [0.15, 0.2) is 11.5 Å². The second-order valence-electron chi connectivity index (χ2n) is 11.9. The molecule has 11 heteroatoms. The molecule has 1 aromatic rings. The summed E-state index contributed by atoms with van der Waals surface area (Å²) in [5.41, 5.74) is 0.798. The third-order valence-corrected chi connectivity index (χ3v) is 8.75. The summed E-state index contributed by atoms with van der Waals surface area (Å²) in [5.74, 6) is -0.206. The molecule has 42 heavy (non-hydrogen) atoms. The van der Waals surface area contributed by atoms with Gasteiger partial charge >= 0.3 is 5.97 Å². The Labute approximate surface area is 249 Å². The number of likely N-dealkylation sites (tertiary alicyclic amines) is 2. The zero-order valence-electron chi connectivity index (χ0n) is 25.7. The largest absolute Gasteiger partial charge is 0.493 e. The molecule has 0 bridgehead atoms. The first-order valence-electron chi connectivity index (χ1n) is 15.4. The second kappa shape index (κ2) is 14.9. The summed E-state index contributed by atoms with van der Waals surface area (Å²) >= 11 is 0. The quantitative estimate of drug-likeness (QED) is 0.312. The number of fused-ring (bicyclic) bond motifs is 1. The maximum atomic E-state index is 13.7. The number of carbonyl (C=O) groups is 3. The standard InChI is InChI=1S/C31H48N4O7/c1-5-6-13-34(16-9-12-32(2)3)28(37)20-35-19-23(22-17-25(40-4)30-26(18-22)41-21-42-30)29(31(38)39)24(35)10-7-14-33-15-8-11-27(33)36/h17-18,23-24,29H,5-16,19-21H2,1-4H3,(H,38,39). The van der Waals surface area contributed by atoms with Crippen LogP contribution in [-0.2, 0) is 14.4 Å². The number of carboxylic acid groups (broad SMARTS) is 1. The third-order valence-electron chi connectivity index (χ3n) is 8.75. The van der Waals surface area contributed by atoms with Crippen molar-refractivity contribution in [3.8, 4) is 17.2 Å². The number of hydrogen-bond donors (Lipinski definition) is 1. The lowest BCUT2D eigenvalue weighted by molar-refractivity contribution is -0.144. The van der Waals surface area contributed by atoms with Crippen LogP contribution in [0.4, 0.5) is 0 Å². The van der Waals surface area contributed by atoms with Crippen LogP contribution < -0.4 is 14.2 Å². The molecule has 11 nitrogen and oxygen atoms in total. The molecule has 3 heterocycles. The van der Waals surface area contributed by atoms with Crippen LogP contribution in [0.5, 0.6) is 17.2 Å². The van der Waals surface area contributed by atoms with Gasteiger partial charge in [0.1, 0.15) is 0 Å². The van der Waals surface area contributed by atoms with Gasteiger partial charge in [-0.2, -0.15) is 0 Å². The van der Waals surface area contributed by atoms with E-state index < -0.39 is 11.9 Å². The number of rotatable bonds is 16. The molecule has 1 aromatic carbocycles. The van der Waals surface area contributed by atoms with Crippen LogP contribution in [0.15, 0.2) is 12.1 Å². The minimum absolute atomic E-state index is 0.0370. The molecule has 0 spiro atoms. The van der Waals surface area contributed by atoms with Gasteiger partial charge in [-0.05, 0) is 70.4 Å². The van der Waals surface area contributed by atoms with Gasteiger partial charge in [-0.15, -0.1) is 0 Å². The lowest BCUT2D eigenvalue weighted by Gasteiger charge is -2.30. The monoisotopic (exact) mass is 588 g/mol. The molecule has 2 saturated heterocycles. The predicted molar refractivity (Wildman–Crippen MR) is 158 cm³/mol. The van der Waals surface area contributed by atoms with E-state index in [2.05, 4.69) is 16.7 Å². The molecule has 2 fully saturated rings. The fraction of sp³-hybridized carbons (Fsp3) is 0.710. The number of carbonyl (C=O) groups excluding carboxylic acids is 2. The number of amides is 2. The van der Waals surface area contributed by atoms with E-state index in [1.54, 1.807) is 7.11 Å². The first-order chi connectivity index (χ1) is 20.2. The van der Waals surface area contributed by atoms with Gasteiger partial charge in [-0.3, -0.25) is 19.3 Å². The Kier molecular flexibility index (Phi) is 11.3. The highest BCUT2D eigenvalue weighted by Crippen LogP contribution is 2.47. The first-order valence-corrected chi connectivity index (χ1v) is 15.4. The minimum atomic E-state index is -0.886. The molecule has 4 rings (SSSR count). The summed E-state index contributed by atoms with van der Waals surface area (Å²) in [6, 6.07) is 3.35. The fourth-order valence-corrected chi connectivity index (χ4v) is 6.55. The van der Waals surface area contributed by atoms with Crippen LogP contribution in [0.1, 0.15) is 63.4 Å². The molecule has 0 radical (unpaired) electrons. The van der Waals surface area contributed by atoms with Crippen molar-refractivity contribution in [1.29, 1.82) is 0 Å². The van der Waals surface area contributed by atoms with E-state index in [1.807, 2.05) is 36.0 Å². The third kappa shape index (κ3) is 7.66. The number of benzene rings is 1. The Morgan fingerprint density at radius 2 is 1.90 bits per heavy atom. The van der Waals surface area contributed by atoms with Crippen molar-refractivity contribution in [2.75, 3.05) is 73.8 Å². The maximum Gasteiger partial charge on any atom is 0.308 e. The zero-order valence-corrected chi connectivity index (χ0v) is 25.7. The average Bonchev–Trinajstić information content (AvgIpc) is 3.68. The Morgan fingerprint density at radius 1 is 1.12 bits per heavy atom. The van der Waals surface area contributed by atoms with Gasteiger partial charge in [0, 0.05) is 51.1 Å². The molecule has 234 valence electrons. The van der Waals surface area contributed by atoms with Gasteiger partial charge < -0.3 is 34.0 Å². The number of nitrogens with zero attached hydrogens (tertiary/aromatic N) is 4. The molecule has 3 aliphatic heterocycles. The van der Waals surface area contributed by atoms with Crippen molar-refractivity contribution in [2.24, 2.45) is 5.92 Å². The van der Waals surface area contributed by atoms with Crippen molar-refractivity contribution in [3.05, 3.63) is 17.7 Å². The summed E-state index contributed by atoms with van der Waals surface area (Å²) in [4.78, 5) is 46.8. The Morgan fingerprint density at radius 3 is 2.57 bits per heavy atom. The van der Waals surface area contributed by atoms with E-state index in [4.69, 9.17) is 14.2 Å². The van der Waals surface area contributed by atoms with E-state index in [9.17, 15) is 19.5 Å². The predicted octanol–water partition coefficient (Wildman–Crippen LogP) is 2.88. The Balaban J connectivity index is 1.57. The van der Waals surface area contributed by atoms with Gasteiger partial charge in [0.25, 0.3) is 0 Å². The van der Waals surface area contributed by atoms with E-state index in [0.717, 1.165) is 44.3 Å². The molecule has 2 amide bonds. The van der Waals surface area contributed by atoms with Crippen molar-refractivity contribution >= 4 is 17.8 Å². The summed E-state index contributed by atoms with van der Waals surface area (Å²) in [6.45, 7) is 6.44. The summed E-state index contributed by atoms with van der Waals surface area (Å²) in [6.07, 6.45) is 5.53. The molecule has 0 aliphatic carbocycles. The van der Waals surface area contributed by atoms with E-state index in [-0.39, 0.29) is 37.1 Å². The van der Waals surface area contributed by atoms with Crippen molar-refractivity contribution < 1.29 is 33.7 Å². The normalized spacial score (nSPS) is 21.9. The molecular formula is C31H48N4O7. The molecule has 0 aromatic heterocycles. The molecule has 3 atom stereocenters. The highest BCUT2D eigenvalue weighted by atomic mass is 16.7. The van der Waals surface area contributed by atoms with Gasteiger partial charge in [0.05, 0.1) is 19.6 Å². The first kappa shape index (κ1) is 31.9. The number of unbranched alkanes of at least 4 members (excludes halogenated alkanes) is 1. The molecular weight excluding hydrogens is 540 g/mol. The number of aliphatic carboxylic acids is 1. The minimum Gasteiger partial charge on any atom is -0.493 e. The molecule has 1 N–H and O–H groups in total. The number of ether oxygens (including phenoxy) is 3. The van der Waals surface area contributed by atoms with E-state index in [1.165, 1.54) is 0 Å². The smallest absolute Gasteiger partial charge is 0.308 e. The second-order valence-corrected chi connectivity index (χ2v) is 11.9. The number of methoxy groups -OCH3 is 1. The summed E-state index contributed by atoms with van der Waals surface area (Å²) in [5, 5.41) is 10.6. The Hall–Kier alpha value is -3.05. The van der Waals surface area contributed by atoms with Crippen LogP contribution in [0.3, 0.4) is 0 Å². The van der Waals surface area contributed by atoms with Crippen molar-refractivity contribution in [2.45, 2.75) is 63.8 Å². The van der Waals surface area contributed by atoms with E-state index >= 15 is 0 Å². The van der Waals surface area contributed by atoms with Crippen molar-refractivity contribution in [3.63, 3.8) is 0 Å². The van der Waals surface area contributed by atoms with E-state index in [0.29, 0.717) is 62.7 Å². The highest BCUT2D eigenvalue weighted by molar-refractivity contribution is 5.79. The van der Waals surface area contributed by atoms with Crippen LogP contribution >= 0.6 is 0 Å². The van der Waals surface area contributed by atoms with Crippen LogP contribution in [0.25, 0.3) is 0 Å². The molecule has 3 unspecified atom stereocenters.